The molecule has 20 heavy (non-hydrogen) atoms. The Kier molecular flexibility index (Phi) is 3.96. The first kappa shape index (κ1) is 13.9. The van der Waals surface area contributed by atoms with Crippen LogP contribution in [0.2, 0.25) is 0 Å². The fraction of sp³-hybridized carbons (Fsp3) is 0.867. The molecule has 5 heteroatoms. The summed E-state index contributed by atoms with van der Waals surface area (Å²) >= 11 is 0. The molecule has 3 atom stereocenters. The Morgan fingerprint density at radius 3 is 2.70 bits per heavy atom. The predicted molar refractivity (Wildman–Crippen MR) is 74.0 cm³/mol. The largest absolute Gasteiger partial charge is 0.376 e. The van der Waals surface area contributed by atoms with E-state index in [9.17, 15) is 9.59 Å². The predicted octanol–water partition coefficient (Wildman–Crippen LogP) is 1.07. The molecule has 3 fully saturated rings. The third-order valence-corrected chi connectivity index (χ3v) is 4.57. The lowest BCUT2D eigenvalue weighted by Gasteiger charge is -2.40. The Morgan fingerprint density at radius 2 is 2.10 bits per heavy atom. The van der Waals surface area contributed by atoms with Crippen LogP contribution >= 0.6 is 0 Å². The van der Waals surface area contributed by atoms with Crippen molar-refractivity contribution in [1.29, 1.82) is 0 Å². The summed E-state index contributed by atoms with van der Waals surface area (Å²) < 4.78 is 5.66. The van der Waals surface area contributed by atoms with Gasteiger partial charge in [0.25, 0.3) is 0 Å². The summed E-state index contributed by atoms with van der Waals surface area (Å²) in [5, 5.41) is 2.92. The number of carbonyl (C=O) groups excluding carboxylic acids is 2. The van der Waals surface area contributed by atoms with Gasteiger partial charge in [0, 0.05) is 13.2 Å². The highest BCUT2D eigenvalue weighted by atomic mass is 16.5. The smallest absolute Gasteiger partial charge is 0.245 e. The number of carbonyl (C=O) groups is 2. The van der Waals surface area contributed by atoms with Crippen LogP contribution in [0.3, 0.4) is 0 Å². The van der Waals surface area contributed by atoms with Crippen LogP contribution in [0.25, 0.3) is 0 Å². The van der Waals surface area contributed by atoms with Crippen molar-refractivity contribution >= 4 is 11.8 Å². The molecule has 1 aliphatic carbocycles. The standard InChI is InChI=1S/C15H24N2O3/c1-2-4-12-15(19)17(9-11-5-3-8-20-11)13(10-6-7-10)14(18)16-12/h10-13H,2-9H2,1H3,(H,16,18). The minimum absolute atomic E-state index is 0.0450. The summed E-state index contributed by atoms with van der Waals surface area (Å²) in [6.45, 7) is 3.41. The summed E-state index contributed by atoms with van der Waals surface area (Å²) in [6, 6.07) is -0.580. The van der Waals surface area contributed by atoms with E-state index in [4.69, 9.17) is 4.74 Å². The van der Waals surface area contributed by atoms with Crippen molar-refractivity contribution in [2.24, 2.45) is 5.92 Å². The Labute approximate surface area is 120 Å². The summed E-state index contributed by atoms with van der Waals surface area (Å²) in [6.07, 6.45) is 5.93. The molecular weight excluding hydrogens is 256 g/mol. The second kappa shape index (κ2) is 5.72. The molecular formula is C15H24N2O3. The van der Waals surface area contributed by atoms with E-state index in [1.165, 1.54) is 0 Å². The normalized spacial score (nSPS) is 34.5. The first-order valence-corrected chi connectivity index (χ1v) is 7.93. The van der Waals surface area contributed by atoms with Gasteiger partial charge in [-0.2, -0.15) is 0 Å². The van der Waals surface area contributed by atoms with Gasteiger partial charge in [0.15, 0.2) is 0 Å². The molecule has 2 heterocycles. The van der Waals surface area contributed by atoms with Crippen LogP contribution < -0.4 is 5.32 Å². The summed E-state index contributed by atoms with van der Waals surface area (Å²) in [5.41, 5.74) is 0. The molecule has 3 rings (SSSR count). The molecule has 0 spiro atoms. The van der Waals surface area contributed by atoms with Gasteiger partial charge in [-0.25, -0.2) is 0 Å². The van der Waals surface area contributed by atoms with Crippen LogP contribution in [0.1, 0.15) is 45.4 Å². The van der Waals surface area contributed by atoms with E-state index in [-0.39, 0.29) is 30.0 Å². The van der Waals surface area contributed by atoms with Gasteiger partial charge in [0.2, 0.25) is 11.8 Å². The number of ether oxygens (including phenoxy) is 1. The molecule has 2 amide bonds. The van der Waals surface area contributed by atoms with E-state index < -0.39 is 0 Å². The number of hydrogen-bond donors (Lipinski definition) is 1. The fourth-order valence-electron chi connectivity index (χ4n) is 3.37. The first-order chi connectivity index (χ1) is 9.70. The summed E-state index contributed by atoms with van der Waals surface area (Å²) in [5.74, 6) is 0.505. The zero-order valence-corrected chi connectivity index (χ0v) is 12.1. The van der Waals surface area contributed by atoms with Crippen LogP contribution in [-0.2, 0) is 14.3 Å². The van der Waals surface area contributed by atoms with Crippen LogP contribution in [-0.4, -0.2) is 48.1 Å². The maximum atomic E-state index is 12.6. The number of nitrogens with one attached hydrogen (secondary N) is 1. The molecule has 112 valence electrons. The highest BCUT2D eigenvalue weighted by Crippen LogP contribution is 2.37. The van der Waals surface area contributed by atoms with Gasteiger partial charge in [-0.15, -0.1) is 0 Å². The lowest BCUT2D eigenvalue weighted by Crippen LogP contribution is -2.65. The van der Waals surface area contributed by atoms with Crippen molar-refractivity contribution in [2.75, 3.05) is 13.2 Å². The van der Waals surface area contributed by atoms with E-state index in [0.29, 0.717) is 12.5 Å². The lowest BCUT2D eigenvalue weighted by molar-refractivity contribution is -0.152. The molecule has 2 saturated heterocycles. The van der Waals surface area contributed by atoms with Crippen molar-refractivity contribution in [2.45, 2.75) is 63.6 Å². The van der Waals surface area contributed by atoms with E-state index in [0.717, 1.165) is 45.1 Å². The van der Waals surface area contributed by atoms with E-state index in [1.807, 2.05) is 11.8 Å². The topological polar surface area (TPSA) is 58.6 Å². The zero-order valence-electron chi connectivity index (χ0n) is 12.1. The van der Waals surface area contributed by atoms with Crippen molar-refractivity contribution in [1.82, 2.24) is 10.2 Å². The van der Waals surface area contributed by atoms with Gasteiger partial charge in [0.1, 0.15) is 12.1 Å². The molecule has 0 bridgehead atoms. The molecule has 3 unspecified atom stereocenters. The summed E-state index contributed by atoms with van der Waals surface area (Å²) in [4.78, 5) is 26.8. The minimum Gasteiger partial charge on any atom is -0.376 e. The first-order valence-electron chi connectivity index (χ1n) is 7.93. The van der Waals surface area contributed by atoms with Gasteiger partial charge in [-0.3, -0.25) is 9.59 Å². The third-order valence-electron chi connectivity index (χ3n) is 4.57. The molecule has 0 aromatic heterocycles. The van der Waals surface area contributed by atoms with Crippen LogP contribution in [0, 0.1) is 5.92 Å². The monoisotopic (exact) mass is 280 g/mol. The number of rotatable bonds is 5. The lowest BCUT2D eigenvalue weighted by atomic mass is 9.99. The van der Waals surface area contributed by atoms with E-state index in [1.54, 1.807) is 0 Å². The van der Waals surface area contributed by atoms with Crippen molar-refractivity contribution in [3.8, 4) is 0 Å². The molecule has 1 saturated carbocycles. The second-order valence-corrected chi connectivity index (χ2v) is 6.26. The van der Waals surface area contributed by atoms with Crippen LogP contribution in [0.15, 0.2) is 0 Å². The molecule has 3 aliphatic rings. The number of hydrogen-bond acceptors (Lipinski definition) is 3. The molecule has 1 N–H and O–H groups in total. The average molecular weight is 280 g/mol. The molecule has 0 aromatic carbocycles. The minimum atomic E-state index is -0.330. The number of nitrogens with zero attached hydrogens (tertiary/aromatic N) is 1. The molecule has 2 aliphatic heterocycles. The van der Waals surface area contributed by atoms with Gasteiger partial charge >= 0.3 is 0 Å². The van der Waals surface area contributed by atoms with Gasteiger partial charge in [-0.1, -0.05) is 13.3 Å². The highest BCUT2D eigenvalue weighted by molar-refractivity contribution is 5.97. The van der Waals surface area contributed by atoms with Gasteiger partial charge < -0.3 is 15.0 Å². The van der Waals surface area contributed by atoms with Crippen molar-refractivity contribution < 1.29 is 14.3 Å². The van der Waals surface area contributed by atoms with Gasteiger partial charge in [-0.05, 0) is 38.0 Å². The third kappa shape index (κ3) is 2.68. The van der Waals surface area contributed by atoms with Crippen LogP contribution in [0.4, 0.5) is 0 Å². The Hall–Kier alpha value is -1.10. The van der Waals surface area contributed by atoms with Crippen molar-refractivity contribution in [3.63, 3.8) is 0 Å². The van der Waals surface area contributed by atoms with Gasteiger partial charge in [0.05, 0.1) is 6.10 Å². The van der Waals surface area contributed by atoms with E-state index >= 15 is 0 Å². The quantitative estimate of drug-likeness (QED) is 0.819. The molecule has 0 aromatic rings. The highest BCUT2D eigenvalue weighted by Gasteiger charge is 2.48. The summed E-state index contributed by atoms with van der Waals surface area (Å²) in [7, 11) is 0. The maximum absolute atomic E-state index is 12.6. The van der Waals surface area contributed by atoms with Crippen LogP contribution in [0.5, 0.6) is 0 Å². The number of piperazine rings is 1. The zero-order chi connectivity index (χ0) is 14.1. The Morgan fingerprint density at radius 1 is 1.30 bits per heavy atom. The SMILES string of the molecule is CCCC1NC(=O)C(C2CC2)N(CC2CCCO2)C1=O. The Bertz CT molecular complexity index is 389. The fourth-order valence-corrected chi connectivity index (χ4v) is 3.37. The Balaban J connectivity index is 1.74. The maximum Gasteiger partial charge on any atom is 0.245 e. The number of amides is 2. The average Bonchev–Trinajstić information content (AvgIpc) is 3.12. The second-order valence-electron chi connectivity index (χ2n) is 6.26. The molecule has 5 nitrogen and oxygen atoms in total. The van der Waals surface area contributed by atoms with Crippen molar-refractivity contribution in [3.05, 3.63) is 0 Å². The molecule has 0 radical (unpaired) electrons. The van der Waals surface area contributed by atoms with E-state index in [2.05, 4.69) is 5.32 Å².